The number of hydrogen-bond acceptors (Lipinski definition) is 2. The number of ether oxygens (including phenoxy) is 1. The predicted octanol–water partition coefficient (Wildman–Crippen LogP) is 3.57. The second-order valence-corrected chi connectivity index (χ2v) is 6.83. The van der Waals surface area contributed by atoms with Crippen molar-refractivity contribution in [2.45, 2.75) is 39.2 Å². The van der Waals surface area contributed by atoms with Crippen LogP contribution in [0.4, 0.5) is 0 Å². The minimum Gasteiger partial charge on any atom is -0.489 e. The van der Waals surface area contributed by atoms with Crippen LogP contribution in [0.5, 0.6) is 0 Å². The molecule has 19 heavy (non-hydrogen) atoms. The summed E-state index contributed by atoms with van der Waals surface area (Å²) >= 11 is 0. The van der Waals surface area contributed by atoms with Crippen molar-refractivity contribution in [2.75, 3.05) is 0 Å². The molecule has 2 heteroatoms. The molecule has 0 saturated heterocycles. The lowest BCUT2D eigenvalue weighted by molar-refractivity contribution is -0.118. The molecule has 0 bridgehead atoms. The molecule has 0 saturated carbocycles. The summed E-state index contributed by atoms with van der Waals surface area (Å²) in [5.41, 5.74) is 3.68. The Morgan fingerprint density at radius 3 is 2.84 bits per heavy atom. The van der Waals surface area contributed by atoms with Crippen LogP contribution < -0.4 is 0 Å². The Balaban J connectivity index is 1.75. The second-order valence-electron chi connectivity index (χ2n) is 6.83. The number of Topliss-reactive ketones (excluding diaryl/α,β-unsaturated/α-hetero) is 1. The molecule has 0 spiro atoms. The third-order valence-electron chi connectivity index (χ3n) is 4.69. The van der Waals surface area contributed by atoms with Gasteiger partial charge < -0.3 is 4.74 Å². The highest BCUT2D eigenvalue weighted by atomic mass is 16.5. The number of fused-ring (bicyclic) bond motifs is 4. The smallest absolute Gasteiger partial charge is 0.163 e. The maximum atomic E-state index is 12.4. The monoisotopic (exact) mass is 254 g/mol. The third kappa shape index (κ3) is 1.52. The van der Waals surface area contributed by atoms with Gasteiger partial charge in [0.2, 0.25) is 0 Å². The Bertz CT molecular complexity index is 609. The molecule has 0 aromatic heterocycles. The van der Waals surface area contributed by atoms with E-state index in [0.29, 0.717) is 12.2 Å². The molecule has 1 aromatic rings. The first-order valence-electron chi connectivity index (χ1n) is 7.06. The van der Waals surface area contributed by atoms with Gasteiger partial charge in [0.25, 0.3) is 0 Å². The number of hydrogen-bond donors (Lipinski definition) is 0. The summed E-state index contributed by atoms with van der Waals surface area (Å²) in [6.07, 6.45) is 2.63. The number of benzene rings is 1. The van der Waals surface area contributed by atoms with Crippen molar-refractivity contribution in [3.05, 3.63) is 46.7 Å². The zero-order chi connectivity index (χ0) is 13.2. The van der Waals surface area contributed by atoms with Gasteiger partial charge in [-0.05, 0) is 23.0 Å². The van der Waals surface area contributed by atoms with Crippen molar-refractivity contribution in [1.29, 1.82) is 0 Å². The summed E-state index contributed by atoms with van der Waals surface area (Å²) in [4.78, 5) is 12.4. The van der Waals surface area contributed by atoms with Crippen LogP contribution in [-0.4, -0.2) is 5.78 Å². The van der Waals surface area contributed by atoms with E-state index in [2.05, 4.69) is 38.1 Å². The summed E-state index contributed by atoms with van der Waals surface area (Å²) in [6.45, 7) is 4.31. The molecule has 2 aliphatic carbocycles. The molecular formula is C17H18O2. The molecule has 0 fully saturated rings. The van der Waals surface area contributed by atoms with E-state index >= 15 is 0 Å². The lowest BCUT2D eigenvalue weighted by atomic mass is 9.74. The fourth-order valence-corrected chi connectivity index (χ4v) is 3.91. The van der Waals surface area contributed by atoms with Crippen LogP contribution >= 0.6 is 0 Å². The zero-order valence-corrected chi connectivity index (χ0v) is 11.4. The van der Waals surface area contributed by atoms with Crippen LogP contribution in [0.15, 0.2) is 35.6 Å². The molecular weight excluding hydrogens is 236 g/mol. The van der Waals surface area contributed by atoms with E-state index in [1.165, 1.54) is 11.1 Å². The Morgan fingerprint density at radius 2 is 2.00 bits per heavy atom. The summed E-state index contributed by atoms with van der Waals surface area (Å²) < 4.78 is 6.18. The molecule has 2 atom stereocenters. The number of allylic oxidation sites excluding steroid dienone is 1. The van der Waals surface area contributed by atoms with Crippen molar-refractivity contribution in [3.63, 3.8) is 0 Å². The first kappa shape index (κ1) is 11.3. The molecule has 4 rings (SSSR count). The Labute approximate surface area is 113 Å². The van der Waals surface area contributed by atoms with E-state index in [1.54, 1.807) is 0 Å². The maximum absolute atomic E-state index is 12.4. The van der Waals surface area contributed by atoms with Crippen LogP contribution in [0, 0.1) is 11.3 Å². The van der Waals surface area contributed by atoms with Gasteiger partial charge in [0.1, 0.15) is 11.9 Å². The fourth-order valence-electron chi connectivity index (χ4n) is 3.91. The number of carbonyl (C=O) groups excluding carboxylic acids is 1. The SMILES string of the molecule is CC1(C)CC(=O)C2=C(C1)OC1c3ccccc3CC21. The van der Waals surface area contributed by atoms with Crippen LogP contribution in [-0.2, 0) is 16.0 Å². The first-order chi connectivity index (χ1) is 9.05. The molecule has 3 aliphatic rings. The molecule has 2 nitrogen and oxygen atoms in total. The third-order valence-corrected chi connectivity index (χ3v) is 4.69. The van der Waals surface area contributed by atoms with Crippen molar-refractivity contribution >= 4 is 5.78 Å². The summed E-state index contributed by atoms with van der Waals surface area (Å²) in [6, 6.07) is 8.44. The summed E-state index contributed by atoms with van der Waals surface area (Å²) in [5.74, 6) is 1.56. The predicted molar refractivity (Wildman–Crippen MR) is 72.5 cm³/mol. The van der Waals surface area contributed by atoms with Gasteiger partial charge in [-0.2, -0.15) is 0 Å². The number of carbonyl (C=O) groups is 1. The lowest BCUT2D eigenvalue weighted by Gasteiger charge is -2.29. The number of ketones is 1. The van der Waals surface area contributed by atoms with E-state index in [9.17, 15) is 4.79 Å². The minimum atomic E-state index is 0.0497. The van der Waals surface area contributed by atoms with Gasteiger partial charge in [-0.25, -0.2) is 0 Å². The van der Waals surface area contributed by atoms with E-state index in [4.69, 9.17) is 4.74 Å². The molecule has 2 unspecified atom stereocenters. The van der Waals surface area contributed by atoms with Crippen molar-refractivity contribution in [1.82, 2.24) is 0 Å². The van der Waals surface area contributed by atoms with Gasteiger partial charge in [-0.15, -0.1) is 0 Å². The van der Waals surface area contributed by atoms with E-state index in [-0.39, 0.29) is 17.4 Å². The summed E-state index contributed by atoms with van der Waals surface area (Å²) in [5, 5.41) is 0. The largest absolute Gasteiger partial charge is 0.489 e. The normalized spacial score (nSPS) is 30.7. The van der Waals surface area contributed by atoms with Gasteiger partial charge in [-0.1, -0.05) is 38.1 Å². The Kier molecular flexibility index (Phi) is 2.08. The fraction of sp³-hybridized carbons (Fsp3) is 0.471. The Morgan fingerprint density at radius 1 is 1.21 bits per heavy atom. The maximum Gasteiger partial charge on any atom is 0.163 e. The molecule has 0 amide bonds. The minimum absolute atomic E-state index is 0.0497. The number of rotatable bonds is 0. The van der Waals surface area contributed by atoms with Gasteiger partial charge in [-0.3, -0.25) is 4.79 Å². The van der Waals surface area contributed by atoms with E-state index in [0.717, 1.165) is 24.2 Å². The molecule has 98 valence electrons. The van der Waals surface area contributed by atoms with Gasteiger partial charge in [0.15, 0.2) is 5.78 Å². The topological polar surface area (TPSA) is 26.3 Å². The summed E-state index contributed by atoms with van der Waals surface area (Å²) in [7, 11) is 0. The van der Waals surface area contributed by atoms with E-state index in [1.807, 2.05) is 0 Å². The quantitative estimate of drug-likeness (QED) is 0.707. The van der Waals surface area contributed by atoms with Crippen LogP contribution in [0.2, 0.25) is 0 Å². The van der Waals surface area contributed by atoms with Crippen LogP contribution in [0.3, 0.4) is 0 Å². The second kappa shape index (κ2) is 3.50. The molecule has 1 aromatic carbocycles. The van der Waals surface area contributed by atoms with Gasteiger partial charge >= 0.3 is 0 Å². The highest BCUT2D eigenvalue weighted by molar-refractivity contribution is 5.98. The first-order valence-corrected chi connectivity index (χ1v) is 7.06. The molecule has 1 aliphatic heterocycles. The van der Waals surface area contributed by atoms with Crippen LogP contribution in [0.1, 0.15) is 43.9 Å². The van der Waals surface area contributed by atoms with Crippen molar-refractivity contribution in [3.8, 4) is 0 Å². The Hall–Kier alpha value is -1.57. The van der Waals surface area contributed by atoms with E-state index < -0.39 is 0 Å². The lowest BCUT2D eigenvalue weighted by Crippen LogP contribution is -2.26. The highest BCUT2D eigenvalue weighted by Gasteiger charge is 2.49. The molecule has 0 N–H and O–H groups in total. The van der Waals surface area contributed by atoms with Crippen molar-refractivity contribution in [2.24, 2.45) is 11.3 Å². The zero-order valence-electron chi connectivity index (χ0n) is 11.4. The molecule has 0 radical (unpaired) electrons. The van der Waals surface area contributed by atoms with Gasteiger partial charge in [0, 0.05) is 24.3 Å². The average molecular weight is 254 g/mol. The van der Waals surface area contributed by atoms with Crippen LogP contribution in [0.25, 0.3) is 0 Å². The van der Waals surface area contributed by atoms with Crippen molar-refractivity contribution < 1.29 is 9.53 Å². The van der Waals surface area contributed by atoms with Gasteiger partial charge in [0.05, 0.1) is 0 Å². The molecule has 1 heterocycles. The highest BCUT2D eigenvalue weighted by Crippen LogP contribution is 2.54. The average Bonchev–Trinajstić information content (AvgIpc) is 2.82. The standard InChI is InChI=1S/C17H18O2/c1-17(2)8-13(18)15-12-7-10-5-3-4-6-11(10)16(12)19-14(15)9-17/h3-6,12,16H,7-9H2,1-2H3.